The number of amides is 2. The molecule has 0 radical (unpaired) electrons. The van der Waals surface area contributed by atoms with Crippen LogP contribution in [0.15, 0.2) is 54.7 Å². The molecular formula is C26H27N3O5S. The Hall–Kier alpha value is -3.72. The summed E-state index contributed by atoms with van der Waals surface area (Å²) in [6, 6.07) is 16.1. The van der Waals surface area contributed by atoms with Crippen molar-refractivity contribution in [3.8, 4) is 11.1 Å². The first-order valence-electron chi connectivity index (χ1n) is 11.5. The van der Waals surface area contributed by atoms with Crippen LogP contribution in [0.25, 0.3) is 11.1 Å². The van der Waals surface area contributed by atoms with Crippen LogP contribution >= 0.6 is 11.3 Å². The molecule has 2 amide bonds. The Morgan fingerprint density at radius 1 is 1.09 bits per heavy atom. The lowest BCUT2D eigenvalue weighted by Crippen LogP contribution is -2.34. The number of ether oxygens (including phenoxy) is 1. The van der Waals surface area contributed by atoms with E-state index in [0.29, 0.717) is 22.7 Å². The molecule has 1 aliphatic rings. The van der Waals surface area contributed by atoms with Gasteiger partial charge in [0.1, 0.15) is 16.5 Å². The summed E-state index contributed by atoms with van der Waals surface area (Å²) in [6.45, 7) is 2.26. The fraction of sp³-hybridized carbons (Fsp3) is 0.308. The summed E-state index contributed by atoms with van der Waals surface area (Å²) < 4.78 is 5.53. The minimum atomic E-state index is -0.892. The van der Waals surface area contributed by atoms with Crippen LogP contribution in [0.3, 0.4) is 0 Å². The maximum Gasteiger partial charge on any atom is 0.407 e. The van der Waals surface area contributed by atoms with Gasteiger partial charge < -0.3 is 20.5 Å². The third-order valence-corrected chi connectivity index (χ3v) is 7.04. The monoisotopic (exact) mass is 493 g/mol. The summed E-state index contributed by atoms with van der Waals surface area (Å²) in [5.41, 5.74) is 4.62. The molecule has 4 rings (SSSR count). The van der Waals surface area contributed by atoms with E-state index in [4.69, 9.17) is 9.84 Å². The van der Waals surface area contributed by atoms with Gasteiger partial charge in [-0.3, -0.25) is 9.59 Å². The summed E-state index contributed by atoms with van der Waals surface area (Å²) >= 11 is 1.17. The van der Waals surface area contributed by atoms with Crippen molar-refractivity contribution in [3.05, 3.63) is 75.7 Å². The molecule has 1 aromatic heterocycles. The Kier molecular flexibility index (Phi) is 7.77. The quantitative estimate of drug-likeness (QED) is 0.381. The maximum absolute atomic E-state index is 12.5. The van der Waals surface area contributed by atoms with Crippen molar-refractivity contribution in [1.29, 1.82) is 0 Å². The number of aliphatic carboxylic acids is 1. The average Bonchev–Trinajstić information content (AvgIpc) is 3.47. The van der Waals surface area contributed by atoms with Crippen molar-refractivity contribution < 1.29 is 24.2 Å². The smallest absolute Gasteiger partial charge is 0.407 e. The number of carbonyl (C=O) groups is 3. The molecule has 0 saturated heterocycles. The average molecular weight is 494 g/mol. The third-order valence-electron chi connectivity index (χ3n) is 6.04. The van der Waals surface area contributed by atoms with Crippen molar-refractivity contribution in [2.75, 3.05) is 6.61 Å². The van der Waals surface area contributed by atoms with Gasteiger partial charge in [-0.2, -0.15) is 0 Å². The number of carbonyl (C=O) groups excluding carboxylic acids is 2. The second-order valence-corrected chi connectivity index (χ2v) is 9.42. The Labute approximate surface area is 207 Å². The Bertz CT molecular complexity index is 1180. The van der Waals surface area contributed by atoms with Crippen LogP contribution < -0.4 is 10.6 Å². The largest absolute Gasteiger partial charge is 0.481 e. The fourth-order valence-electron chi connectivity index (χ4n) is 4.23. The molecule has 35 heavy (non-hydrogen) atoms. The number of hydrogen-bond acceptors (Lipinski definition) is 6. The van der Waals surface area contributed by atoms with Gasteiger partial charge in [0, 0.05) is 18.4 Å². The van der Waals surface area contributed by atoms with Crippen LogP contribution in [0.4, 0.5) is 4.79 Å². The SMILES string of the molecule is CCC(CCC(=O)O)NC(=O)c1cnc(CNC(=O)OCC2c3ccccc3-c3ccccc32)s1. The summed E-state index contributed by atoms with van der Waals surface area (Å²) in [7, 11) is 0. The molecule has 2 aromatic carbocycles. The third kappa shape index (κ3) is 5.86. The van der Waals surface area contributed by atoms with Crippen LogP contribution in [0, 0.1) is 0 Å². The van der Waals surface area contributed by atoms with Crippen LogP contribution in [0.1, 0.15) is 57.9 Å². The van der Waals surface area contributed by atoms with Crippen LogP contribution in [0.2, 0.25) is 0 Å². The molecule has 0 saturated carbocycles. The number of carboxylic acids is 1. The second kappa shape index (κ2) is 11.1. The normalized spacial score (nSPS) is 12.9. The molecule has 1 aliphatic carbocycles. The van der Waals surface area contributed by atoms with Gasteiger partial charge >= 0.3 is 12.1 Å². The second-order valence-electron chi connectivity index (χ2n) is 8.31. The van der Waals surface area contributed by atoms with Gasteiger partial charge in [0.25, 0.3) is 5.91 Å². The van der Waals surface area contributed by atoms with Gasteiger partial charge in [0.2, 0.25) is 0 Å². The van der Waals surface area contributed by atoms with Crippen molar-refractivity contribution in [1.82, 2.24) is 15.6 Å². The number of nitrogens with one attached hydrogen (secondary N) is 2. The maximum atomic E-state index is 12.5. The predicted octanol–water partition coefficient (Wildman–Crippen LogP) is 4.56. The molecule has 3 aromatic rings. The van der Waals surface area contributed by atoms with Crippen LogP contribution in [-0.2, 0) is 16.1 Å². The Morgan fingerprint density at radius 3 is 2.37 bits per heavy atom. The molecule has 0 fully saturated rings. The lowest BCUT2D eigenvalue weighted by atomic mass is 9.98. The summed E-state index contributed by atoms with van der Waals surface area (Å²) in [5.74, 6) is -1.21. The van der Waals surface area contributed by atoms with E-state index in [1.807, 2.05) is 31.2 Å². The standard InChI is InChI=1S/C26H27N3O5S/c1-2-16(11-12-24(30)31)29-25(32)22-13-27-23(35-22)14-28-26(33)34-15-21-19-9-5-3-7-17(19)18-8-4-6-10-20(18)21/h3-10,13,16,21H,2,11-12,14-15H2,1H3,(H,28,33)(H,29,32)(H,30,31). The molecule has 9 heteroatoms. The van der Waals surface area contributed by atoms with Gasteiger partial charge in [0.15, 0.2) is 0 Å². The van der Waals surface area contributed by atoms with E-state index in [1.165, 1.54) is 28.7 Å². The number of alkyl carbamates (subject to hydrolysis) is 1. The number of nitrogens with zero attached hydrogens (tertiary/aromatic N) is 1. The first-order valence-corrected chi connectivity index (χ1v) is 12.3. The molecule has 0 bridgehead atoms. The zero-order valence-corrected chi connectivity index (χ0v) is 20.1. The van der Waals surface area contributed by atoms with Gasteiger partial charge in [-0.15, -0.1) is 11.3 Å². The van der Waals surface area contributed by atoms with Gasteiger partial charge in [0.05, 0.1) is 12.7 Å². The summed E-state index contributed by atoms with van der Waals surface area (Å²) in [5, 5.41) is 14.9. The molecule has 0 spiro atoms. The molecule has 0 aliphatic heterocycles. The van der Waals surface area contributed by atoms with Crippen molar-refractivity contribution in [2.45, 2.75) is 44.7 Å². The molecule has 1 unspecified atom stereocenters. The molecule has 8 nitrogen and oxygen atoms in total. The molecular weight excluding hydrogens is 466 g/mol. The van der Waals surface area contributed by atoms with E-state index in [9.17, 15) is 14.4 Å². The molecule has 182 valence electrons. The van der Waals surface area contributed by atoms with Gasteiger partial charge in [-0.25, -0.2) is 9.78 Å². The van der Waals surface area contributed by atoms with Crippen LogP contribution in [-0.4, -0.2) is 40.7 Å². The molecule has 1 heterocycles. The minimum absolute atomic E-state index is 0.00319. The number of fused-ring (bicyclic) bond motifs is 3. The van der Waals surface area contributed by atoms with Gasteiger partial charge in [-0.05, 0) is 35.1 Å². The van der Waals surface area contributed by atoms with E-state index < -0.39 is 12.1 Å². The lowest BCUT2D eigenvalue weighted by Gasteiger charge is -2.15. The van der Waals surface area contributed by atoms with Crippen molar-refractivity contribution in [2.24, 2.45) is 0 Å². The summed E-state index contributed by atoms with van der Waals surface area (Å²) in [6.07, 6.45) is 1.91. The highest BCUT2D eigenvalue weighted by Crippen LogP contribution is 2.44. The van der Waals surface area contributed by atoms with Gasteiger partial charge in [-0.1, -0.05) is 55.5 Å². The summed E-state index contributed by atoms with van der Waals surface area (Å²) in [4.78, 5) is 40.2. The van der Waals surface area contributed by atoms with Crippen LogP contribution in [0.5, 0.6) is 0 Å². The number of rotatable bonds is 10. The highest BCUT2D eigenvalue weighted by atomic mass is 32.1. The lowest BCUT2D eigenvalue weighted by molar-refractivity contribution is -0.137. The zero-order chi connectivity index (χ0) is 24.8. The fourth-order valence-corrected chi connectivity index (χ4v) is 4.99. The number of hydrogen-bond donors (Lipinski definition) is 3. The minimum Gasteiger partial charge on any atom is -0.481 e. The first-order chi connectivity index (χ1) is 17.0. The number of aromatic nitrogens is 1. The van der Waals surface area contributed by atoms with E-state index >= 15 is 0 Å². The first kappa shape index (κ1) is 24.4. The van der Waals surface area contributed by atoms with E-state index in [0.717, 1.165) is 11.1 Å². The highest BCUT2D eigenvalue weighted by molar-refractivity contribution is 7.13. The zero-order valence-electron chi connectivity index (χ0n) is 19.3. The number of benzene rings is 2. The Morgan fingerprint density at radius 2 is 1.74 bits per heavy atom. The highest BCUT2D eigenvalue weighted by Gasteiger charge is 2.29. The van der Waals surface area contributed by atoms with E-state index in [-0.39, 0.29) is 37.4 Å². The topological polar surface area (TPSA) is 118 Å². The van der Waals surface area contributed by atoms with Crippen molar-refractivity contribution >= 4 is 29.3 Å². The van der Waals surface area contributed by atoms with Crippen molar-refractivity contribution in [3.63, 3.8) is 0 Å². The number of carboxylic acid groups (broad SMARTS) is 1. The predicted molar refractivity (Wildman–Crippen MR) is 132 cm³/mol. The Balaban J connectivity index is 1.28. The molecule has 1 atom stereocenters. The van der Waals surface area contributed by atoms with E-state index in [1.54, 1.807) is 0 Å². The van der Waals surface area contributed by atoms with E-state index in [2.05, 4.69) is 39.9 Å². The number of thiazole rings is 1. The molecule has 3 N–H and O–H groups in total.